The lowest BCUT2D eigenvalue weighted by molar-refractivity contribution is -0.131. The van der Waals surface area contributed by atoms with E-state index in [-0.39, 0.29) is 17.9 Å². The van der Waals surface area contributed by atoms with Crippen molar-refractivity contribution in [3.8, 4) is 0 Å². The lowest BCUT2D eigenvalue weighted by Crippen LogP contribution is -2.35. The highest BCUT2D eigenvalue weighted by Gasteiger charge is 2.30. The quantitative estimate of drug-likeness (QED) is 0.609. The highest BCUT2D eigenvalue weighted by Crippen LogP contribution is 2.24. The van der Waals surface area contributed by atoms with Crippen molar-refractivity contribution in [3.05, 3.63) is 0 Å². The Morgan fingerprint density at radius 3 is 2.18 bits per heavy atom. The zero-order valence-corrected chi connectivity index (χ0v) is 12.5. The molecule has 0 aliphatic rings. The molecule has 0 saturated carbocycles. The van der Waals surface area contributed by atoms with Crippen molar-refractivity contribution in [2.24, 2.45) is 17.8 Å². The molecule has 0 heterocycles. The van der Waals surface area contributed by atoms with Crippen molar-refractivity contribution in [1.82, 2.24) is 0 Å². The maximum absolute atomic E-state index is 12.2. The van der Waals surface area contributed by atoms with Gasteiger partial charge in [0.15, 0.2) is 0 Å². The third kappa shape index (κ3) is 5.20. The van der Waals surface area contributed by atoms with E-state index < -0.39 is 0 Å². The molecule has 0 aliphatic heterocycles. The number of unbranched alkanes of at least 4 members (excludes halogenated alkanes) is 1. The van der Waals surface area contributed by atoms with E-state index in [4.69, 9.17) is 4.74 Å². The van der Waals surface area contributed by atoms with Crippen LogP contribution < -0.4 is 0 Å². The molecule has 17 heavy (non-hydrogen) atoms. The Labute approximate surface area is 107 Å². The van der Waals surface area contributed by atoms with Crippen LogP contribution in [0.15, 0.2) is 0 Å². The number of carbonyl (C=O) groups is 1. The molecule has 0 saturated heterocycles. The third-order valence-corrected chi connectivity index (χ3v) is 3.89. The zero-order valence-electron chi connectivity index (χ0n) is 12.5. The van der Waals surface area contributed by atoms with Crippen molar-refractivity contribution >= 4 is 5.78 Å². The normalized spacial score (nSPS) is 18.5. The summed E-state index contributed by atoms with van der Waals surface area (Å²) in [5, 5.41) is 0. The van der Waals surface area contributed by atoms with Gasteiger partial charge in [0.25, 0.3) is 0 Å². The summed E-state index contributed by atoms with van der Waals surface area (Å²) in [6.45, 7) is 10.5. The minimum absolute atomic E-state index is 0.0156. The molecule has 2 heteroatoms. The van der Waals surface area contributed by atoms with E-state index in [1.165, 1.54) is 12.8 Å². The number of ketones is 1. The Kier molecular flexibility index (Phi) is 8.49. The van der Waals surface area contributed by atoms with Gasteiger partial charge in [0.2, 0.25) is 0 Å². The van der Waals surface area contributed by atoms with E-state index in [0.717, 1.165) is 12.8 Å². The highest BCUT2D eigenvalue weighted by atomic mass is 16.5. The largest absolute Gasteiger partial charge is 0.380 e. The standard InChI is InChI=1S/C15H30O2/c1-7-9-10-12(4)15(17-6)13(5)14(16)11(3)8-2/h11-13,15H,7-10H2,1-6H3/t11-,12+,13+,15+/m1/s1. The van der Waals surface area contributed by atoms with Crippen LogP contribution in [0.1, 0.15) is 60.3 Å². The average molecular weight is 242 g/mol. The van der Waals surface area contributed by atoms with Gasteiger partial charge in [-0.25, -0.2) is 0 Å². The van der Waals surface area contributed by atoms with E-state index in [1.54, 1.807) is 7.11 Å². The summed E-state index contributed by atoms with van der Waals surface area (Å²) in [5.41, 5.74) is 0. The molecule has 0 bridgehead atoms. The lowest BCUT2D eigenvalue weighted by Gasteiger charge is -2.29. The predicted molar refractivity (Wildman–Crippen MR) is 73.1 cm³/mol. The van der Waals surface area contributed by atoms with Crippen LogP contribution in [-0.2, 0) is 9.53 Å². The molecule has 0 aromatic heterocycles. The maximum atomic E-state index is 12.2. The monoisotopic (exact) mass is 242 g/mol. The Morgan fingerprint density at radius 1 is 1.18 bits per heavy atom. The first-order valence-corrected chi connectivity index (χ1v) is 7.05. The fourth-order valence-electron chi connectivity index (χ4n) is 2.43. The van der Waals surface area contributed by atoms with E-state index in [1.807, 2.05) is 13.8 Å². The number of rotatable bonds is 9. The smallest absolute Gasteiger partial charge is 0.141 e. The molecule has 0 spiro atoms. The lowest BCUT2D eigenvalue weighted by atomic mass is 9.83. The summed E-state index contributed by atoms with van der Waals surface area (Å²) < 4.78 is 5.57. The third-order valence-electron chi connectivity index (χ3n) is 3.89. The minimum atomic E-state index is 0.0156. The van der Waals surface area contributed by atoms with Crippen molar-refractivity contribution < 1.29 is 9.53 Å². The summed E-state index contributed by atoms with van der Waals surface area (Å²) in [7, 11) is 1.73. The van der Waals surface area contributed by atoms with Crippen LogP contribution >= 0.6 is 0 Å². The van der Waals surface area contributed by atoms with Crippen molar-refractivity contribution in [1.29, 1.82) is 0 Å². The van der Waals surface area contributed by atoms with Gasteiger partial charge >= 0.3 is 0 Å². The number of Topliss-reactive ketones (excluding diaryl/α,β-unsaturated/α-hetero) is 1. The second-order valence-electron chi connectivity index (χ2n) is 5.32. The van der Waals surface area contributed by atoms with Gasteiger partial charge in [-0.1, -0.05) is 47.5 Å². The molecule has 0 amide bonds. The Balaban J connectivity index is 4.47. The van der Waals surface area contributed by atoms with Gasteiger partial charge in [-0.05, 0) is 18.8 Å². The SMILES string of the molecule is CCCC[C@H](C)[C@H](OC)[C@@H](C)C(=O)[C@H](C)CC. The first-order chi connectivity index (χ1) is 7.99. The first kappa shape index (κ1) is 16.6. The molecule has 0 rings (SSSR count). The van der Waals surface area contributed by atoms with Crippen LogP contribution in [0.5, 0.6) is 0 Å². The first-order valence-electron chi connectivity index (χ1n) is 7.05. The minimum Gasteiger partial charge on any atom is -0.380 e. The topological polar surface area (TPSA) is 26.3 Å². The number of hydrogen-bond donors (Lipinski definition) is 0. The summed E-state index contributed by atoms with van der Waals surface area (Å²) in [6.07, 6.45) is 4.55. The van der Waals surface area contributed by atoms with E-state index in [9.17, 15) is 4.79 Å². The van der Waals surface area contributed by atoms with Gasteiger partial charge in [0, 0.05) is 18.9 Å². The molecule has 0 fully saturated rings. The predicted octanol–water partition coefficient (Wildman–Crippen LogP) is 4.08. The van der Waals surface area contributed by atoms with Crippen LogP contribution in [0.4, 0.5) is 0 Å². The molecular formula is C15H30O2. The average Bonchev–Trinajstić information content (AvgIpc) is 2.34. The van der Waals surface area contributed by atoms with E-state index in [2.05, 4.69) is 20.8 Å². The summed E-state index contributed by atoms with van der Waals surface area (Å²) in [5.74, 6) is 0.980. The van der Waals surface area contributed by atoms with Crippen molar-refractivity contribution in [2.45, 2.75) is 66.4 Å². The van der Waals surface area contributed by atoms with Crippen LogP contribution in [0, 0.1) is 17.8 Å². The Morgan fingerprint density at radius 2 is 1.76 bits per heavy atom. The summed E-state index contributed by atoms with van der Waals surface area (Å²) >= 11 is 0. The van der Waals surface area contributed by atoms with Crippen LogP contribution in [-0.4, -0.2) is 19.0 Å². The van der Waals surface area contributed by atoms with Crippen LogP contribution in [0.25, 0.3) is 0 Å². The second kappa shape index (κ2) is 8.68. The Bertz CT molecular complexity index is 213. The molecule has 0 N–H and O–H groups in total. The summed E-state index contributed by atoms with van der Waals surface area (Å²) in [4.78, 5) is 12.2. The molecule has 0 aromatic rings. The molecule has 0 aliphatic carbocycles. The van der Waals surface area contributed by atoms with Gasteiger partial charge < -0.3 is 4.74 Å². The summed E-state index contributed by atoms with van der Waals surface area (Å²) in [6, 6.07) is 0. The molecule has 2 nitrogen and oxygen atoms in total. The van der Waals surface area contributed by atoms with Crippen LogP contribution in [0.3, 0.4) is 0 Å². The molecule has 0 unspecified atom stereocenters. The zero-order chi connectivity index (χ0) is 13.4. The van der Waals surface area contributed by atoms with Gasteiger partial charge in [0.05, 0.1) is 6.10 Å². The van der Waals surface area contributed by atoms with Crippen LogP contribution in [0.2, 0.25) is 0 Å². The molecular weight excluding hydrogens is 212 g/mol. The molecule has 0 radical (unpaired) electrons. The van der Waals surface area contributed by atoms with Gasteiger partial charge in [-0.2, -0.15) is 0 Å². The maximum Gasteiger partial charge on any atom is 0.141 e. The highest BCUT2D eigenvalue weighted by molar-refractivity contribution is 5.83. The van der Waals surface area contributed by atoms with E-state index in [0.29, 0.717) is 11.7 Å². The molecule has 4 atom stereocenters. The number of hydrogen-bond acceptors (Lipinski definition) is 2. The fourth-order valence-corrected chi connectivity index (χ4v) is 2.43. The molecule has 0 aromatic carbocycles. The molecule has 102 valence electrons. The van der Waals surface area contributed by atoms with Crippen molar-refractivity contribution in [2.75, 3.05) is 7.11 Å². The van der Waals surface area contributed by atoms with Crippen molar-refractivity contribution in [3.63, 3.8) is 0 Å². The fraction of sp³-hybridized carbons (Fsp3) is 0.933. The number of methoxy groups -OCH3 is 1. The van der Waals surface area contributed by atoms with Gasteiger partial charge in [0.1, 0.15) is 5.78 Å². The number of ether oxygens (including phenoxy) is 1. The second-order valence-corrected chi connectivity index (χ2v) is 5.32. The Hall–Kier alpha value is -0.370. The van der Waals surface area contributed by atoms with Gasteiger partial charge in [-0.3, -0.25) is 4.79 Å². The number of carbonyl (C=O) groups excluding carboxylic acids is 1. The van der Waals surface area contributed by atoms with E-state index >= 15 is 0 Å². The van der Waals surface area contributed by atoms with Gasteiger partial charge in [-0.15, -0.1) is 0 Å².